The molecule has 0 unspecified atom stereocenters. The first-order valence-electron chi connectivity index (χ1n) is 9.99. The number of hydrogen-bond donors (Lipinski definition) is 1. The standard InChI is InChI=1S/C22H39NO/c1-15-9-17(3)21(18(4)10-15)13-23(7-8-24)14-22-19(5)11-16(2)12-20(22)6/h9,11,17-22,24H,7-8,10,12-14H2,1-6H3/t17-,18-,19+,20-,21+,22-/m0/s1. The van der Waals surface area contributed by atoms with Crippen LogP contribution < -0.4 is 0 Å². The Morgan fingerprint density at radius 1 is 0.875 bits per heavy atom. The molecule has 0 aromatic rings. The molecule has 6 atom stereocenters. The van der Waals surface area contributed by atoms with Gasteiger partial charge in [-0.25, -0.2) is 0 Å². The van der Waals surface area contributed by atoms with Crippen LogP contribution in [0.4, 0.5) is 0 Å². The van der Waals surface area contributed by atoms with Crippen LogP contribution in [0.3, 0.4) is 0 Å². The molecule has 1 N–H and O–H groups in total. The van der Waals surface area contributed by atoms with Gasteiger partial charge < -0.3 is 10.0 Å². The molecule has 0 aromatic carbocycles. The van der Waals surface area contributed by atoms with E-state index in [9.17, 15) is 5.11 Å². The largest absolute Gasteiger partial charge is 0.395 e. The number of aliphatic hydroxyl groups excluding tert-OH is 1. The van der Waals surface area contributed by atoms with Gasteiger partial charge in [0.15, 0.2) is 0 Å². The number of hydrogen-bond acceptors (Lipinski definition) is 2. The summed E-state index contributed by atoms with van der Waals surface area (Å²) in [7, 11) is 0. The van der Waals surface area contributed by atoms with Crippen molar-refractivity contribution in [1.29, 1.82) is 0 Å². The van der Waals surface area contributed by atoms with E-state index in [2.05, 4.69) is 58.6 Å². The van der Waals surface area contributed by atoms with Gasteiger partial charge in [-0.1, -0.05) is 51.0 Å². The van der Waals surface area contributed by atoms with Crippen molar-refractivity contribution < 1.29 is 5.11 Å². The molecule has 0 fully saturated rings. The highest BCUT2D eigenvalue weighted by Gasteiger charge is 2.32. The fourth-order valence-electron chi connectivity index (χ4n) is 5.32. The number of rotatable bonds is 6. The van der Waals surface area contributed by atoms with Crippen LogP contribution in [0.1, 0.15) is 54.4 Å². The van der Waals surface area contributed by atoms with Crippen LogP contribution in [0.15, 0.2) is 23.3 Å². The summed E-state index contributed by atoms with van der Waals surface area (Å²) in [6, 6.07) is 0. The monoisotopic (exact) mass is 333 g/mol. The van der Waals surface area contributed by atoms with Crippen LogP contribution >= 0.6 is 0 Å². The van der Waals surface area contributed by atoms with Crippen LogP contribution in [0.25, 0.3) is 0 Å². The molecule has 0 spiro atoms. The second-order valence-electron chi connectivity index (χ2n) is 8.92. The maximum Gasteiger partial charge on any atom is 0.0558 e. The number of aliphatic hydroxyl groups is 1. The average Bonchev–Trinajstić information content (AvgIpc) is 2.46. The van der Waals surface area contributed by atoms with Crippen LogP contribution in [0, 0.1) is 35.5 Å². The third-order valence-electron chi connectivity index (χ3n) is 6.55. The van der Waals surface area contributed by atoms with Gasteiger partial charge in [-0.15, -0.1) is 0 Å². The normalized spacial score (nSPS) is 37.3. The molecule has 138 valence electrons. The van der Waals surface area contributed by atoms with Gasteiger partial charge in [0.05, 0.1) is 6.61 Å². The molecule has 0 aromatic heterocycles. The lowest BCUT2D eigenvalue weighted by molar-refractivity contribution is 0.0960. The first kappa shape index (κ1) is 19.7. The topological polar surface area (TPSA) is 23.5 Å². The Bertz CT molecular complexity index is 427. The highest BCUT2D eigenvalue weighted by molar-refractivity contribution is 5.10. The summed E-state index contributed by atoms with van der Waals surface area (Å²) in [6.07, 6.45) is 7.42. The minimum absolute atomic E-state index is 0.273. The Morgan fingerprint density at radius 3 is 1.62 bits per heavy atom. The van der Waals surface area contributed by atoms with E-state index in [0.29, 0.717) is 23.7 Å². The zero-order valence-electron chi connectivity index (χ0n) is 16.8. The van der Waals surface area contributed by atoms with E-state index in [0.717, 1.165) is 31.5 Å². The van der Waals surface area contributed by atoms with Crippen molar-refractivity contribution >= 4 is 0 Å². The lowest BCUT2D eigenvalue weighted by atomic mass is 9.73. The minimum atomic E-state index is 0.273. The van der Waals surface area contributed by atoms with Gasteiger partial charge in [0.25, 0.3) is 0 Å². The quantitative estimate of drug-likeness (QED) is 0.709. The molecular formula is C22H39NO. The molecule has 0 saturated heterocycles. The summed E-state index contributed by atoms with van der Waals surface area (Å²) in [6.45, 7) is 17.5. The summed E-state index contributed by atoms with van der Waals surface area (Å²) >= 11 is 0. The van der Waals surface area contributed by atoms with Crippen molar-refractivity contribution in [3.63, 3.8) is 0 Å². The van der Waals surface area contributed by atoms with Crippen LogP contribution in [-0.2, 0) is 0 Å². The van der Waals surface area contributed by atoms with Crippen LogP contribution in [0.2, 0.25) is 0 Å². The SMILES string of the molecule is CC1=C[C@H](C)[C@@H](CN(CCO)C[C@H]2[C@H](C)C=C(C)C[C@@H]2C)[C@@H](C)C1. The van der Waals surface area contributed by atoms with Crippen molar-refractivity contribution in [2.24, 2.45) is 35.5 Å². The molecule has 0 bridgehead atoms. The lowest BCUT2D eigenvalue weighted by Crippen LogP contribution is -2.43. The third kappa shape index (κ3) is 4.95. The van der Waals surface area contributed by atoms with E-state index in [-0.39, 0.29) is 6.61 Å². The van der Waals surface area contributed by atoms with E-state index in [1.807, 2.05) is 0 Å². The lowest BCUT2D eigenvalue weighted by Gasteiger charge is -2.41. The summed E-state index contributed by atoms with van der Waals surface area (Å²) in [5.41, 5.74) is 3.10. The minimum Gasteiger partial charge on any atom is -0.395 e. The second-order valence-corrected chi connectivity index (χ2v) is 8.92. The Balaban J connectivity index is 2.04. The molecule has 0 aliphatic heterocycles. The first-order valence-corrected chi connectivity index (χ1v) is 9.99. The van der Waals surface area contributed by atoms with E-state index < -0.39 is 0 Å². The Morgan fingerprint density at radius 2 is 1.29 bits per heavy atom. The van der Waals surface area contributed by atoms with E-state index >= 15 is 0 Å². The predicted octanol–water partition coefficient (Wildman–Crippen LogP) is 4.76. The summed E-state index contributed by atoms with van der Waals surface area (Å²) in [4.78, 5) is 2.55. The van der Waals surface area contributed by atoms with Gasteiger partial charge in [-0.2, -0.15) is 0 Å². The molecule has 0 saturated carbocycles. The van der Waals surface area contributed by atoms with Crippen molar-refractivity contribution in [3.8, 4) is 0 Å². The summed E-state index contributed by atoms with van der Waals surface area (Å²) < 4.78 is 0. The Hall–Kier alpha value is -0.600. The smallest absolute Gasteiger partial charge is 0.0558 e. The van der Waals surface area contributed by atoms with Gasteiger partial charge in [-0.05, 0) is 62.2 Å². The molecule has 2 nitrogen and oxygen atoms in total. The molecular weight excluding hydrogens is 294 g/mol. The van der Waals surface area contributed by atoms with E-state index in [1.165, 1.54) is 12.8 Å². The first-order chi connectivity index (χ1) is 11.3. The molecule has 0 heterocycles. The maximum absolute atomic E-state index is 9.58. The van der Waals surface area contributed by atoms with Crippen molar-refractivity contribution in [2.75, 3.05) is 26.2 Å². The molecule has 2 rings (SSSR count). The van der Waals surface area contributed by atoms with Gasteiger partial charge in [0.1, 0.15) is 0 Å². The Kier molecular flexibility index (Phi) is 7.12. The fourth-order valence-corrected chi connectivity index (χ4v) is 5.32. The van der Waals surface area contributed by atoms with Crippen molar-refractivity contribution in [2.45, 2.75) is 54.4 Å². The zero-order valence-corrected chi connectivity index (χ0v) is 16.8. The van der Waals surface area contributed by atoms with Gasteiger partial charge in [0, 0.05) is 19.6 Å². The average molecular weight is 334 g/mol. The van der Waals surface area contributed by atoms with Crippen molar-refractivity contribution in [1.82, 2.24) is 4.90 Å². The third-order valence-corrected chi connectivity index (χ3v) is 6.55. The molecule has 0 radical (unpaired) electrons. The maximum atomic E-state index is 9.58. The molecule has 2 heteroatoms. The Labute approximate surface area is 150 Å². The molecule has 2 aliphatic rings. The van der Waals surface area contributed by atoms with E-state index in [4.69, 9.17) is 0 Å². The summed E-state index contributed by atoms with van der Waals surface area (Å²) in [5.74, 6) is 4.22. The fraction of sp³-hybridized carbons (Fsp3) is 0.818. The predicted molar refractivity (Wildman–Crippen MR) is 104 cm³/mol. The van der Waals surface area contributed by atoms with Crippen LogP contribution in [-0.4, -0.2) is 36.2 Å². The number of nitrogens with zero attached hydrogens (tertiary/aromatic N) is 1. The molecule has 24 heavy (non-hydrogen) atoms. The second kappa shape index (κ2) is 8.67. The molecule has 0 amide bonds. The van der Waals surface area contributed by atoms with Gasteiger partial charge in [0.2, 0.25) is 0 Å². The van der Waals surface area contributed by atoms with Crippen LogP contribution in [0.5, 0.6) is 0 Å². The molecule has 2 aliphatic carbocycles. The zero-order chi connectivity index (χ0) is 17.9. The number of allylic oxidation sites excluding steroid dienone is 4. The summed E-state index contributed by atoms with van der Waals surface area (Å²) in [5, 5.41) is 9.58. The highest BCUT2D eigenvalue weighted by atomic mass is 16.3. The van der Waals surface area contributed by atoms with Gasteiger partial charge >= 0.3 is 0 Å². The highest BCUT2D eigenvalue weighted by Crippen LogP contribution is 2.36. The van der Waals surface area contributed by atoms with Gasteiger partial charge in [-0.3, -0.25) is 0 Å². The van der Waals surface area contributed by atoms with E-state index in [1.54, 1.807) is 11.1 Å². The van der Waals surface area contributed by atoms with Crippen molar-refractivity contribution in [3.05, 3.63) is 23.3 Å².